The van der Waals surface area contributed by atoms with E-state index in [0.717, 1.165) is 17.8 Å². The van der Waals surface area contributed by atoms with Gasteiger partial charge in [-0.15, -0.1) is 11.3 Å². The fourth-order valence-electron chi connectivity index (χ4n) is 3.23. The number of fused-ring (bicyclic) bond motifs is 1. The first-order valence-electron chi connectivity index (χ1n) is 10.8. The van der Waals surface area contributed by atoms with E-state index in [0.29, 0.717) is 52.7 Å². The summed E-state index contributed by atoms with van der Waals surface area (Å²) >= 11 is 1.16. The molecule has 1 atom stereocenters. The maximum atomic E-state index is 12.7. The highest BCUT2D eigenvalue weighted by molar-refractivity contribution is 7.20. The molecule has 0 fully saturated rings. The predicted molar refractivity (Wildman–Crippen MR) is 124 cm³/mol. The number of nitrogens with one attached hydrogen (secondary N) is 1. The molecule has 2 heterocycles. The molecule has 0 aromatic carbocycles. The lowest BCUT2D eigenvalue weighted by Gasteiger charge is -2.27. The molecule has 0 bridgehead atoms. The number of hydrogen-bond donors (Lipinski definition) is 2. The number of aromatic amines is 1. The molecule has 0 saturated carbocycles. The highest BCUT2D eigenvalue weighted by atomic mass is 32.1. The van der Waals surface area contributed by atoms with Gasteiger partial charge in [-0.05, 0) is 46.6 Å². The summed E-state index contributed by atoms with van der Waals surface area (Å²) in [6.07, 6.45) is 0.0765. The van der Waals surface area contributed by atoms with Crippen LogP contribution in [-0.2, 0) is 20.8 Å². The van der Waals surface area contributed by atoms with E-state index in [1.54, 1.807) is 21.0 Å². The number of methoxy groups -OCH3 is 1. The van der Waals surface area contributed by atoms with Gasteiger partial charge in [0.1, 0.15) is 15.5 Å². The summed E-state index contributed by atoms with van der Waals surface area (Å²) in [4.78, 5) is 35.3. The van der Waals surface area contributed by atoms with E-state index in [1.165, 1.54) is 0 Å². The van der Waals surface area contributed by atoms with Crippen LogP contribution in [0.2, 0.25) is 0 Å². The molecular formula is C22H35N3O6S. The highest BCUT2D eigenvalue weighted by Gasteiger charge is 2.22. The summed E-state index contributed by atoms with van der Waals surface area (Å²) in [6, 6.07) is 0. The van der Waals surface area contributed by atoms with E-state index in [2.05, 4.69) is 9.97 Å². The van der Waals surface area contributed by atoms with Gasteiger partial charge >= 0.3 is 5.97 Å². The Balaban J connectivity index is 2.22. The van der Waals surface area contributed by atoms with Crippen LogP contribution in [0.5, 0.6) is 0 Å². The third-order valence-corrected chi connectivity index (χ3v) is 5.85. The zero-order chi connectivity index (χ0) is 23.9. The first-order chi connectivity index (χ1) is 15.1. The molecule has 2 aromatic heterocycles. The van der Waals surface area contributed by atoms with Crippen LogP contribution in [0.1, 0.15) is 55.2 Å². The van der Waals surface area contributed by atoms with Crippen LogP contribution in [0.25, 0.3) is 10.2 Å². The number of aryl methyl sites for hydroxylation is 1. The lowest BCUT2D eigenvalue weighted by Crippen LogP contribution is -2.38. The second kappa shape index (κ2) is 11.9. The van der Waals surface area contributed by atoms with Crippen LogP contribution < -0.4 is 5.56 Å². The van der Waals surface area contributed by atoms with E-state index < -0.39 is 12.1 Å². The number of carbonyl (C=O) groups excluding carboxylic acids is 1. The van der Waals surface area contributed by atoms with Crippen molar-refractivity contribution in [2.45, 2.75) is 59.3 Å². The molecule has 0 amide bonds. The Labute approximate surface area is 192 Å². The maximum Gasteiger partial charge on any atom is 0.348 e. The average molecular weight is 470 g/mol. The van der Waals surface area contributed by atoms with E-state index >= 15 is 0 Å². The van der Waals surface area contributed by atoms with Gasteiger partial charge in [-0.25, -0.2) is 9.78 Å². The Bertz CT molecular complexity index is 950. The van der Waals surface area contributed by atoms with Crippen molar-refractivity contribution < 1.29 is 24.1 Å². The molecule has 10 heteroatoms. The molecule has 2 rings (SSSR count). The number of nitrogens with zero attached hydrogens (tertiary/aromatic N) is 2. The van der Waals surface area contributed by atoms with Gasteiger partial charge in [-0.2, -0.15) is 0 Å². The lowest BCUT2D eigenvalue weighted by molar-refractivity contribution is -0.0571. The summed E-state index contributed by atoms with van der Waals surface area (Å²) in [5.41, 5.74) is -0.0499. The summed E-state index contributed by atoms with van der Waals surface area (Å²) < 4.78 is 15.9. The van der Waals surface area contributed by atoms with Gasteiger partial charge in [0, 0.05) is 26.8 Å². The summed E-state index contributed by atoms with van der Waals surface area (Å²) in [5.74, 6) is 0.0256. The first kappa shape index (κ1) is 26.4. The van der Waals surface area contributed by atoms with Crippen LogP contribution in [-0.4, -0.2) is 77.7 Å². The van der Waals surface area contributed by atoms with Gasteiger partial charge < -0.3 is 24.3 Å². The van der Waals surface area contributed by atoms with Gasteiger partial charge in [0.25, 0.3) is 5.56 Å². The third kappa shape index (κ3) is 7.63. The zero-order valence-electron chi connectivity index (χ0n) is 19.8. The van der Waals surface area contributed by atoms with Crippen LogP contribution in [0, 0.1) is 6.92 Å². The minimum absolute atomic E-state index is 0.209. The number of aliphatic hydroxyl groups excluding tert-OH is 1. The predicted octanol–water partition coefficient (Wildman–Crippen LogP) is 2.48. The standard InChI is InChI=1S/C22H35N3O6S/c1-7-30-21(28)18-14(2)17-19(27)23-16(24-20(17)32-18)12-25(9-8-10-29-6)11-15(26)13-31-22(3,4)5/h15,26H,7-13H2,1-6H3,(H,23,24,27)/t15-/m0/s1. The summed E-state index contributed by atoms with van der Waals surface area (Å²) in [7, 11) is 1.64. The minimum atomic E-state index is -0.688. The Morgan fingerprint density at radius 2 is 2.06 bits per heavy atom. The Kier molecular flexibility index (Phi) is 9.78. The van der Waals surface area contributed by atoms with E-state index in [9.17, 15) is 14.7 Å². The fourth-order valence-corrected chi connectivity index (χ4v) is 4.33. The number of aliphatic hydroxyl groups is 1. The van der Waals surface area contributed by atoms with Crippen molar-refractivity contribution in [1.29, 1.82) is 0 Å². The molecule has 0 aliphatic carbocycles. The highest BCUT2D eigenvalue weighted by Crippen LogP contribution is 2.27. The molecule has 0 unspecified atom stereocenters. The van der Waals surface area contributed by atoms with Gasteiger partial charge in [-0.3, -0.25) is 9.69 Å². The molecule has 0 radical (unpaired) electrons. The molecule has 180 valence electrons. The lowest BCUT2D eigenvalue weighted by atomic mass is 10.2. The van der Waals surface area contributed by atoms with Crippen molar-refractivity contribution in [3.8, 4) is 0 Å². The molecule has 2 N–H and O–H groups in total. The normalized spacial score (nSPS) is 13.1. The zero-order valence-corrected chi connectivity index (χ0v) is 20.6. The monoisotopic (exact) mass is 469 g/mol. The Morgan fingerprint density at radius 1 is 1.34 bits per heavy atom. The SMILES string of the molecule is CCOC(=O)c1sc2nc(CN(CCCOC)C[C@H](O)COC(C)(C)C)[nH]c(=O)c2c1C. The molecule has 2 aromatic rings. The van der Waals surface area contributed by atoms with Crippen molar-refractivity contribution in [2.24, 2.45) is 0 Å². The molecule has 0 spiro atoms. The maximum absolute atomic E-state index is 12.7. The number of H-pyrrole nitrogens is 1. The van der Waals surface area contributed by atoms with Crippen molar-refractivity contribution in [2.75, 3.05) is 40.0 Å². The largest absolute Gasteiger partial charge is 0.462 e. The number of carbonyl (C=O) groups is 1. The molecule has 0 saturated heterocycles. The second-order valence-electron chi connectivity index (χ2n) is 8.63. The molecule has 9 nitrogen and oxygen atoms in total. The second-order valence-corrected chi connectivity index (χ2v) is 9.63. The quantitative estimate of drug-likeness (QED) is 0.360. The average Bonchev–Trinajstić information content (AvgIpc) is 3.03. The molecule has 0 aliphatic heterocycles. The third-order valence-electron chi connectivity index (χ3n) is 4.68. The molecule has 32 heavy (non-hydrogen) atoms. The van der Waals surface area contributed by atoms with Crippen LogP contribution in [0.3, 0.4) is 0 Å². The number of esters is 1. The van der Waals surface area contributed by atoms with Crippen molar-refractivity contribution in [1.82, 2.24) is 14.9 Å². The number of thiophene rings is 1. The number of rotatable bonds is 12. The Hall–Kier alpha value is -1.85. The Morgan fingerprint density at radius 3 is 2.69 bits per heavy atom. The van der Waals surface area contributed by atoms with Gasteiger partial charge in [-0.1, -0.05) is 0 Å². The van der Waals surface area contributed by atoms with Crippen LogP contribution in [0.4, 0.5) is 0 Å². The minimum Gasteiger partial charge on any atom is -0.462 e. The van der Waals surface area contributed by atoms with Crippen LogP contribution >= 0.6 is 11.3 Å². The summed E-state index contributed by atoms with van der Waals surface area (Å²) in [5, 5.41) is 10.9. The number of hydrogen-bond acceptors (Lipinski definition) is 9. The topological polar surface area (TPSA) is 114 Å². The fraction of sp³-hybridized carbons (Fsp3) is 0.682. The van der Waals surface area contributed by atoms with Crippen LogP contribution in [0.15, 0.2) is 4.79 Å². The van der Waals surface area contributed by atoms with E-state index in [1.807, 2.05) is 25.7 Å². The van der Waals surface area contributed by atoms with Gasteiger partial charge in [0.05, 0.1) is 36.8 Å². The summed E-state index contributed by atoms with van der Waals surface area (Å²) in [6.45, 7) is 11.7. The van der Waals surface area contributed by atoms with E-state index in [4.69, 9.17) is 14.2 Å². The number of ether oxygens (including phenoxy) is 3. The van der Waals surface area contributed by atoms with Crippen molar-refractivity contribution in [3.63, 3.8) is 0 Å². The van der Waals surface area contributed by atoms with Crippen molar-refractivity contribution >= 4 is 27.5 Å². The molecular weight excluding hydrogens is 434 g/mol. The first-order valence-corrected chi connectivity index (χ1v) is 11.6. The smallest absolute Gasteiger partial charge is 0.348 e. The number of aromatic nitrogens is 2. The van der Waals surface area contributed by atoms with E-state index in [-0.39, 0.29) is 24.4 Å². The van der Waals surface area contributed by atoms with Crippen molar-refractivity contribution in [3.05, 3.63) is 26.6 Å². The van der Waals surface area contributed by atoms with Gasteiger partial charge in [0.2, 0.25) is 0 Å². The van der Waals surface area contributed by atoms with Gasteiger partial charge in [0.15, 0.2) is 0 Å². The molecule has 0 aliphatic rings.